The van der Waals surface area contributed by atoms with Crippen molar-refractivity contribution < 1.29 is 19.5 Å². The molecule has 0 rings (SSSR count). The highest BCUT2D eigenvalue weighted by molar-refractivity contribution is 5.83. The van der Waals surface area contributed by atoms with Crippen molar-refractivity contribution in [1.29, 1.82) is 0 Å². The van der Waals surface area contributed by atoms with E-state index >= 15 is 0 Å². The van der Waals surface area contributed by atoms with Crippen LogP contribution >= 0.6 is 0 Å². The Morgan fingerprint density at radius 3 is 2.14 bits per heavy atom. The summed E-state index contributed by atoms with van der Waals surface area (Å²) in [5, 5.41) is 14.4. The summed E-state index contributed by atoms with van der Waals surface area (Å²) in [5.74, 6) is -1.10. The van der Waals surface area contributed by atoms with Crippen LogP contribution in [-0.2, 0) is 14.4 Å². The van der Waals surface area contributed by atoms with Crippen LogP contribution in [0.4, 0.5) is 0 Å². The molecule has 0 aromatic rings. The van der Waals surface area contributed by atoms with Crippen LogP contribution in [0.5, 0.6) is 0 Å². The number of unbranched alkanes of at least 4 members (excludes halogenated alkanes) is 1. The lowest BCUT2D eigenvalue weighted by molar-refractivity contribution is -0.142. The topological polar surface area (TPSA) is 95.5 Å². The Kier molecular flexibility index (Phi) is 9.41. The lowest BCUT2D eigenvalue weighted by Crippen LogP contribution is -2.41. The molecule has 21 heavy (non-hydrogen) atoms. The third kappa shape index (κ3) is 9.87. The molecule has 0 aliphatic carbocycles. The Hall–Kier alpha value is -1.59. The van der Waals surface area contributed by atoms with Gasteiger partial charge in [-0.2, -0.15) is 0 Å². The van der Waals surface area contributed by atoms with Gasteiger partial charge < -0.3 is 15.7 Å². The van der Waals surface area contributed by atoms with Crippen molar-refractivity contribution >= 4 is 17.8 Å². The lowest BCUT2D eigenvalue weighted by Gasteiger charge is -2.15. The van der Waals surface area contributed by atoms with Crippen LogP contribution < -0.4 is 10.6 Å². The third-order valence-corrected chi connectivity index (χ3v) is 2.97. The maximum absolute atomic E-state index is 11.6. The predicted molar refractivity (Wildman–Crippen MR) is 80.7 cm³/mol. The maximum Gasteiger partial charge on any atom is 0.326 e. The average Bonchev–Trinajstić information content (AvgIpc) is 2.35. The van der Waals surface area contributed by atoms with Crippen molar-refractivity contribution in [3.05, 3.63) is 0 Å². The summed E-state index contributed by atoms with van der Waals surface area (Å²) in [6.45, 7) is 7.99. The molecule has 0 radical (unpaired) electrons. The number of hydrogen-bond acceptors (Lipinski definition) is 3. The van der Waals surface area contributed by atoms with Crippen LogP contribution in [0.1, 0.15) is 53.4 Å². The van der Waals surface area contributed by atoms with Gasteiger partial charge in [0.1, 0.15) is 6.04 Å². The standard InChI is InChI=1S/C15H28N2O4/c1-10(2)9-13(18)17-12(15(20)21)7-5-6-8-16-14(19)11(3)4/h10-12H,5-9H2,1-4H3,(H,16,19)(H,17,18)(H,20,21). The summed E-state index contributed by atoms with van der Waals surface area (Å²) >= 11 is 0. The minimum absolute atomic E-state index is 0.00461. The molecule has 0 heterocycles. The van der Waals surface area contributed by atoms with E-state index in [1.165, 1.54) is 0 Å². The zero-order valence-electron chi connectivity index (χ0n) is 13.4. The van der Waals surface area contributed by atoms with Crippen LogP contribution in [0, 0.1) is 11.8 Å². The van der Waals surface area contributed by atoms with Gasteiger partial charge in [-0.3, -0.25) is 9.59 Å². The number of carboxylic acids is 1. The Labute approximate surface area is 126 Å². The van der Waals surface area contributed by atoms with Crippen molar-refractivity contribution in [1.82, 2.24) is 10.6 Å². The molecule has 0 aliphatic rings. The van der Waals surface area contributed by atoms with Crippen LogP contribution in [0.25, 0.3) is 0 Å². The highest BCUT2D eigenvalue weighted by Crippen LogP contribution is 2.04. The van der Waals surface area contributed by atoms with Gasteiger partial charge in [-0.25, -0.2) is 4.79 Å². The zero-order valence-corrected chi connectivity index (χ0v) is 13.4. The van der Waals surface area contributed by atoms with E-state index in [0.29, 0.717) is 32.2 Å². The van der Waals surface area contributed by atoms with E-state index in [9.17, 15) is 14.4 Å². The lowest BCUT2D eigenvalue weighted by atomic mass is 10.1. The first kappa shape index (κ1) is 19.4. The summed E-state index contributed by atoms with van der Waals surface area (Å²) in [4.78, 5) is 34.0. The van der Waals surface area contributed by atoms with E-state index in [1.807, 2.05) is 27.7 Å². The number of aliphatic carboxylic acids is 1. The normalized spacial score (nSPS) is 12.3. The molecular weight excluding hydrogens is 272 g/mol. The Morgan fingerprint density at radius 2 is 1.67 bits per heavy atom. The van der Waals surface area contributed by atoms with Gasteiger partial charge in [0.05, 0.1) is 0 Å². The molecule has 0 aliphatic heterocycles. The van der Waals surface area contributed by atoms with Crippen molar-refractivity contribution in [2.75, 3.05) is 6.54 Å². The Morgan fingerprint density at radius 1 is 1.05 bits per heavy atom. The largest absolute Gasteiger partial charge is 0.480 e. The Balaban J connectivity index is 3.98. The monoisotopic (exact) mass is 300 g/mol. The predicted octanol–water partition coefficient (Wildman–Crippen LogP) is 1.54. The molecule has 0 aromatic carbocycles. The molecule has 1 atom stereocenters. The summed E-state index contributed by atoms with van der Waals surface area (Å²) in [6.07, 6.45) is 2.03. The molecule has 6 heteroatoms. The molecule has 0 bridgehead atoms. The minimum Gasteiger partial charge on any atom is -0.480 e. The number of nitrogens with one attached hydrogen (secondary N) is 2. The Bertz CT molecular complexity index is 354. The zero-order chi connectivity index (χ0) is 16.4. The van der Waals surface area contributed by atoms with E-state index in [0.717, 1.165) is 0 Å². The molecule has 0 aromatic heterocycles. The van der Waals surface area contributed by atoms with Crippen LogP contribution in [0.2, 0.25) is 0 Å². The summed E-state index contributed by atoms with van der Waals surface area (Å²) in [5.41, 5.74) is 0. The van der Waals surface area contributed by atoms with Gasteiger partial charge in [0.25, 0.3) is 0 Å². The van der Waals surface area contributed by atoms with Crippen LogP contribution in [0.3, 0.4) is 0 Å². The van der Waals surface area contributed by atoms with Gasteiger partial charge in [-0.1, -0.05) is 27.7 Å². The van der Waals surface area contributed by atoms with E-state index in [-0.39, 0.29) is 23.7 Å². The van der Waals surface area contributed by atoms with Gasteiger partial charge >= 0.3 is 5.97 Å². The number of hydrogen-bond donors (Lipinski definition) is 3. The summed E-state index contributed by atoms with van der Waals surface area (Å²) < 4.78 is 0. The molecule has 0 fully saturated rings. The van der Waals surface area contributed by atoms with E-state index in [4.69, 9.17) is 5.11 Å². The first-order chi connectivity index (χ1) is 9.73. The van der Waals surface area contributed by atoms with Crippen molar-refractivity contribution in [2.45, 2.75) is 59.4 Å². The molecule has 1 unspecified atom stereocenters. The third-order valence-electron chi connectivity index (χ3n) is 2.97. The van der Waals surface area contributed by atoms with E-state index in [2.05, 4.69) is 10.6 Å². The maximum atomic E-state index is 11.6. The second kappa shape index (κ2) is 10.2. The molecule has 3 N–H and O–H groups in total. The highest BCUT2D eigenvalue weighted by atomic mass is 16.4. The van der Waals surface area contributed by atoms with Crippen LogP contribution in [-0.4, -0.2) is 35.5 Å². The molecule has 0 saturated carbocycles. The number of amides is 2. The van der Waals surface area contributed by atoms with Crippen molar-refractivity contribution in [2.24, 2.45) is 11.8 Å². The molecule has 0 saturated heterocycles. The number of carbonyl (C=O) groups excluding carboxylic acids is 2. The summed E-state index contributed by atoms with van der Waals surface area (Å²) in [7, 11) is 0. The molecule has 122 valence electrons. The summed E-state index contributed by atoms with van der Waals surface area (Å²) in [6, 6.07) is -0.850. The fourth-order valence-electron chi connectivity index (χ4n) is 1.77. The second-order valence-electron chi connectivity index (χ2n) is 6.00. The second-order valence-corrected chi connectivity index (χ2v) is 6.00. The fourth-order valence-corrected chi connectivity index (χ4v) is 1.77. The molecule has 2 amide bonds. The fraction of sp³-hybridized carbons (Fsp3) is 0.800. The average molecular weight is 300 g/mol. The quantitative estimate of drug-likeness (QED) is 0.533. The number of carboxylic acid groups (broad SMARTS) is 1. The van der Waals surface area contributed by atoms with Gasteiger partial charge in [0.2, 0.25) is 11.8 Å². The van der Waals surface area contributed by atoms with Gasteiger partial charge in [0, 0.05) is 18.9 Å². The first-order valence-corrected chi connectivity index (χ1v) is 7.54. The van der Waals surface area contributed by atoms with Crippen molar-refractivity contribution in [3.8, 4) is 0 Å². The smallest absolute Gasteiger partial charge is 0.326 e. The number of carbonyl (C=O) groups is 3. The molecular formula is C15H28N2O4. The van der Waals surface area contributed by atoms with Gasteiger partial charge in [-0.05, 0) is 25.2 Å². The highest BCUT2D eigenvalue weighted by Gasteiger charge is 2.19. The van der Waals surface area contributed by atoms with Crippen LogP contribution in [0.15, 0.2) is 0 Å². The van der Waals surface area contributed by atoms with Crippen molar-refractivity contribution in [3.63, 3.8) is 0 Å². The molecule has 0 spiro atoms. The van der Waals surface area contributed by atoms with E-state index < -0.39 is 12.0 Å². The number of rotatable bonds is 10. The van der Waals surface area contributed by atoms with E-state index in [1.54, 1.807) is 0 Å². The molecule has 6 nitrogen and oxygen atoms in total. The minimum atomic E-state index is -1.02. The van der Waals surface area contributed by atoms with Gasteiger partial charge in [0.15, 0.2) is 0 Å². The first-order valence-electron chi connectivity index (χ1n) is 7.54. The SMILES string of the molecule is CC(C)CC(=O)NC(CCCCNC(=O)C(C)C)C(=O)O. The van der Waals surface area contributed by atoms with Gasteiger partial charge in [-0.15, -0.1) is 0 Å².